The molecule has 0 N–H and O–H groups in total. The van der Waals surface area contributed by atoms with E-state index in [0.717, 1.165) is 12.1 Å². The van der Waals surface area contributed by atoms with E-state index >= 15 is 0 Å². The van der Waals surface area contributed by atoms with Crippen LogP contribution in [-0.2, 0) is 0 Å². The monoisotopic (exact) mass is 428 g/mol. The van der Waals surface area contributed by atoms with Crippen molar-refractivity contribution in [2.24, 2.45) is 0 Å². The molecule has 1 aromatic heterocycles. The maximum Gasteiger partial charge on any atom is 0.269 e. The van der Waals surface area contributed by atoms with Crippen molar-refractivity contribution < 1.29 is 26.9 Å². The minimum atomic E-state index is -2.32. The normalized spacial score (nSPS) is 11.7. The van der Waals surface area contributed by atoms with Gasteiger partial charge < -0.3 is 0 Å². The zero-order chi connectivity index (χ0) is 21.7. The summed E-state index contributed by atoms with van der Waals surface area (Å²) in [5.41, 5.74) is -1.28. The highest BCUT2D eigenvalue weighted by molar-refractivity contribution is 6.89. The average molecular weight is 428 g/mol. The van der Waals surface area contributed by atoms with Gasteiger partial charge in [0.1, 0.15) is 13.8 Å². The van der Waals surface area contributed by atoms with E-state index in [1.165, 1.54) is 12.1 Å². The quantitative estimate of drug-likeness (QED) is 0.157. The molecule has 0 aliphatic rings. The second-order valence-electron chi connectivity index (χ2n) is 7.17. The molecule has 0 bridgehead atoms. The first-order chi connectivity index (χ1) is 13.4. The Kier molecular flexibility index (Phi) is 4.99. The summed E-state index contributed by atoms with van der Waals surface area (Å²) < 4.78 is 70.1. The Morgan fingerprint density at radius 2 is 1.38 bits per heavy atom. The summed E-state index contributed by atoms with van der Waals surface area (Å²) in [7, 11) is -2.32. The number of nitro benzene ring substituents is 1. The number of hydrogen-bond acceptors (Lipinski definition) is 4. The predicted molar refractivity (Wildman–Crippen MR) is 96.2 cm³/mol. The van der Waals surface area contributed by atoms with Gasteiger partial charge in [0.05, 0.1) is 15.9 Å². The molecule has 6 nitrogen and oxygen atoms in total. The van der Waals surface area contributed by atoms with Crippen molar-refractivity contribution in [3.8, 4) is 16.9 Å². The summed E-state index contributed by atoms with van der Waals surface area (Å²) in [5.74, 6) is -10.6. The molecule has 0 unspecified atom stereocenters. The molecule has 12 heteroatoms. The molecule has 0 fully saturated rings. The molecular weight excluding hydrogens is 415 g/mol. The molecule has 0 radical (unpaired) electrons. The first-order valence-corrected chi connectivity index (χ1v) is 11.7. The van der Waals surface area contributed by atoms with Gasteiger partial charge in [0.25, 0.3) is 5.69 Å². The summed E-state index contributed by atoms with van der Waals surface area (Å²) in [4.78, 5) is 10.2. The van der Waals surface area contributed by atoms with Crippen LogP contribution in [0.5, 0.6) is 0 Å². The minimum Gasteiger partial charge on any atom is -0.258 e. The molecule has 152 valence electrons. The molecule has 0 saturated carbocycles. The molecular formula is C17H13F5N4O2Si. The van der Waals surface area contributed by atoms with E-state index in [1.807, 2.05) is 19.6 Å². The van der Waals surface area contributed by atoms with E-state index in [1.54, 1.807) is 0 Å². The SMILES string of the molecule is C[Si](C)(C)c1nnn(-c2c(F)c(F)c(F)c(F)c2F)c1-c1ccc([N+](=O)[O-])cc1. The van der Waals surface area contributed by atoms with Crippen molar-refractivity contribution in [1.29, 1.82) is 0 Å². The summed E-state index contributed by atoms with van der Waals surface area (Å²) in [5, 5.41) is 18.8. The number of non-ortho nitro benzene ring substituents is 1. The Morgan fingerprint density at radius 1 is 0.897 bits per heavy atom. The lowest BCUT2D eigenvalue weighted by Gasteiger charge is -2.17. The Morgan fingerprint density at radius 3 is 1.83 bits per heavy atom. The fourth-order valence-electron chi connectivity index (χ4n) is 2.72. The maximum absolute atomic E-state index is 14.4. The lowest BCUT2D eigenvalue weighted by molar-refractivity contribution is -0.384. The van der Waals surface area contributed by atoms with Crippen molar-refractivity contribution in [2.45, 2.75) is 19.6 Å². The van der Waals surface area contributed by atoms with Crippen LogP contribution >= 0.6 is 0 Å². The van der Waals surface area contributed by atoms with Gasteiger partial charge in [-0.15, -0.1) is 5.10 Å². The third kappa shape index (κ3) is 3.39. The smallest absolute Gasteiger partial charge is 0.258 e. The molecule has 0 spiro atoms. The number of halogens is 5. The van der Waals surface area contributed by atoms with Gasteiger partial charge in [0, 0.05) is 17.7 Å². The van der Waals surface area contributed by atoms with Gasteiger partial charge in [-0.1, -0.05) is 24.9 Å². The van der Waals surface area contributed by atoms with Gasteiger partial charge in [-0.3, -0.25) is 10.1 Å². The second kappa shape index (κ2) is 7.03. The lowest BCUT2D eigenvalue weighted by atomic mass is 10.1. The van der Waals surface area contributed by atoms with E-state index in [4.69, 9.17) is 0 Å². The average Bonchev–Trinajstić information content (AvgIpc) is 3.10. The van der Waals surface area contributed by atoms with Crippen molar-refractivity contribution in [3.63, 3.8) is 0 Å². The van der Waals surface area contributed by atoms with E-state index in [9.17, 15) is 32.1 Å². The topological polar surface area (TPSA) is 73.8 Å². The van der Waals surface area contributed by atoms with Crippen molar-refractivity contribution in [3.05, 3.63) is 63.5 Å². The summed E-state index contributed by atoms with van der Waals surface area (Å²) >= 11 is 0. The van der Waals surface area contributed by atoms with Crippen LogP contribution in [-0.4, -0.2) is 28.0 Å². The van der Waals surface area contributed by atoms with Gasteiger partial charge in [0.2, 0.25) is 5.82 Å². The Balaban J connectivity index is 2.36. The van der Waals surface area contributed by atoms with Crippen LogP contribution < -0.4 is 5.32 Å². The molecule has 2 aromatic carbocycles. The van der Waals surface area contributed by atoms with Gasteiger partial charge in [-0.05, 0) is 12.1 Å². The molecule has 0 saturated heterocycles. The first-order valence-electron chi connectivity index (χ1n) is 8.18. The Bertz CT molecular complexity index is 1100. The molecule has 29 heavy (non-hydrogen) atoms. The van der Waals surface area contributed by atoms with Gasteiger partial charge in [-0.2, -0.15) is 0 Å². The fourth-order valence-corrected chi connectivity index (χ4v) is 4.03. The number of nitrogens with zero attached hydrogens (tertiary/aromatic N) is 4. The highest BCUT2D eigenvalue weighted by atomic mass is 28.3. The van der Waals surface area contributed by atoms with Crippen LogP contribution in [0.4, 0.5) is 27.6 Å². The van der Waals surface area contributed by atoms with Crippen molar-refractivity contribution >= 4 is 19.1 Å². The number of nitro groups is 1. The summed E-state index contributed by atoms with van der Waals surface area (Å²) in [6.45, 7) is 5.53. The molecule has 0 aliphatic heterocycles. The van der Waals surface area contributed by atoms with Gasteiger partial charge in [-0.25, -0.2) is 26.6 Å². The van der Waals surface area contributed by atoms with E-state index in [0.29, 0.717) is 10.00 Å². The zero-order valence-electron chi connectivity index (χ0n) is 15.3. The Hall–Kier alpha value is -3.15. The first kappa shape index (κ1) is 20.6. The number of benzene rings is 2. The molecule has 0 amide bonds. The van der Waals surface area contributed by atoms with E-state index in [-0.39, 0.29) is 16.9 Å². The van der Waals surface area contributed by atoms with Crippen LogP contribution in [0.15, 0.2) is 24.3 Å². The summed E-state index contributed by atoms with van der Waals surface area (Å²) in [6, 6.07) is 4.89. The number of hydrogen-bond donors (Lipinski definition) is 0. The van der Waals surface area contributed by atoms with E-state index in [2.05, 4.69) is 10.3 Å². The van der Waals surface area contributed by atoms with Crippen LogP contribution in [0.25, 0.3) is 16.9 Å². The maximum atomic E-state index is 14.4. The van der Waals surface area contributed by atoms with Crippen molar-refractivity contribution in [2.75, 3.05) is 0 Å². The molecule has 3 rings (SSSR count). The standard InChI is InChI=1S/C17H13F5N4O2Si/c1-29(2,3)17-15(8-4-6-9(7-5-8)26(27)28)25(24-23-17)16-13(21)11(19)10(18)12(20)14(16)22/h4-7H,1-3H3. The van der Waals surface area contributed by atoms with Crippen molar-refractivity contribution in [1.82, 2.24) is 15.0 Å². The number of rotatable bonds is 4. The highest BCUT2D eigenvalue weighted by Crippen LogP contribution is 2.30. The molecule has 0 atom stereocenters. The zero-order valence-corrected chi connectivity index (χ0v) is 16.3. The third-order valence-electron chi connectivity index (χ3n) is 4.13. The Labute approximate surface area is 161 Å². The fraction of sp³-hybridized carbons (Fsp3) is 0.176. The molecule has 3 aromatic rings. The van der Waals surface area contributed by atoms with Crippen LogP contribution in [0.3, 0.4) is 0 Å². The lowest BCUT2D eigenvalue weighted by Crippen LogP contribution is -2.40. The summed E-state index contributed by atoms with van der Waals surface area (Å²) in [6.07, 6.45) is 0. The number of aromatic nitrogens is 3. The highest BCUT2D eigenvalue weighted by Gasteiger charge is 2.33. The second-order valence-corrected chi connectivity index (χ2v) is 12.1. The van der Waals surface area contributed by atoms with Crippen LogP contribution in [0.2, 0.25) is 19.6 Å². The molecule has 1 heterocycles. The van der Waals surface area contributed by atoms with Gasteiger partial charge in [0.15, 0.2) is 23.3 Å². The van der Waals surface area contributed by atoms with Crippen LogP contribution in [0, 0.1) is 39.2 Å². The van der Waals surface area contributed by atoms with E-state index < -0.39 is 47.8 Å². The molecule has 0 aliphatic carbocycles. The minimum absolute atomic E-state index is 0.00210. The van der Waals surface area contributed by atoms with Crippen LogP contribution in [0.1, 0.15) is 0 Å². The third-order valence-corrected chi connectivity index (χ3v) is 5.89. The van der Waals surface area contributed by atoms with Gasteiger partial charge >= 0.3 is 0 Å². The predicted octanol–water partition coefficient (Wildman–Crippen LogP) is 4.08. The largest absolute Gasteiger partial charge is 0.269 e.